The van der Waals surface area contributed by atoms with Gasteiger partial charge in [-0.1, -0.05) is 70.4 Å². The molecular weight excluding hydrogens is 499 g/mol. The van der Waals surface area contributed by atoms with Gasteiger partial charge in [-0.15, -0.1) is 13.2 Å². The Kier molecular flexibility index (Phi) is 9.59. The van der Waals surface area contributed by atoms with Gasteiger partial charge >= 0.3 is 12.5 Å². The second-order valence-corrected chi connectivity index (χ2v) is 11.2. The summed E-state index contributed by atoms with van der Waals surface area (Å²) in [7, 11) is 0. The summed E-state index contributed by atoms with van der Waals surface area (Å²) in [6.45, 7) is 2.28. The van der Waals surface area contributed by atoms with Gasteiger partial charge in [-0.05, 0) is 91.3 Å². The first-order chi connectivity index (χ1) is 18.1. The Morgan fingerprint density at radius 2 is 1.05 bits per heavy atom. The van der Waals surface area contributed by atoms with Crippen LogP contribution in [0.4, 0.5) is 22.0 Å². The Morgan fingerprint density at radius 3 is 1.53 bits per heavy atom. The molecule has 0 amide bonds. The number of ether oxygens (including phenoxy) is 2. The van der Waals surface area contributed by atoms with Crippen LogP contribution in [0, 0.1) is 17.8 Å². The van der Waals surface area contributed by atoms with Crippen molar-refractivity contribution in [2.75, 3.05) is 0 Å². The smallest absolute Gasteiger partial charge is 0.429 e. The second-order valence-electron chi connectivity index (χ2n) is 11.2. The van der Waals surface area contributed by atoms with Crippen LogP contribution in [0.25, 0.3) is 0 Å². The Balaban J connectivity index is 1.22. The van der Waals surface area contributed by atoms with Gasteiger partial charge in [-0.2, -0.15) is 8.78 Å². The number of rotatable bonds is 10. The highest BCUT2D eigenvalue weighted by atomic mass is 19.4. The SMILES string of the molecule is CCC[C@H]1CC[C@H](CCC2CCC(c3ccc(C(F)(F)Oc4ccc(OC(F)(F)F)cc4)cc3)CC2)CC1. The average molecular weight is 539 g/mol. The van der Waals surface area contributed by atoms with E-state index in [-0.39, 0.29) is 11.3 Å². The van der Waals surface area contributed by atoms with E-state index in [1.807, 2.05) is 0 Å². The highest BCUT2D eigenvalue weighted by molar-refractivity contribution is 5.33. The van der Waals surface area contributed by atoms with Crippen LogP contribution in [0.5, 0.6) is 11.5 Å². The summed E-state index contributed by atoms with van der Waals surface area (Å²) in [5, 5.41) is 0. The molecule has 0 bridgehead atoms. The number of benzene rings is 2. The molecule has 38 heavy (non-hydrogen) atoms. The molecule has 0 saturated heterocycles. The van der Waals surface area contributed by atoms with Crippen molar-refractivity contribution in [2.45, 2.75) is 102 Å². The van der Waals surface area contributed by atoms with E-state index in [2.05, 4.69) is 11.7 Å². The summed E-state index contributed by atoms with van der Waals surface area (Å²) in [6, 6.07) is 10.2. The molecule has 2 nitrogen and oxygen atoms in total. The van der Waals surface area contributed by atoms with E-state index in [9.17, 15) is 22.0 Å². The lowest BCUT2D eigenvalue weighted by atomic mass is 9.74. The lowest BCUT2D eigenvalue weighted by molar-refractivity contribution is -0.274. The van der Waals surface area contributed by atoms with Crippen LogP contribution in [0.3, 0.4) is 0 Å². The fourth-order valence-electron chi connectivity index (χ4n) is 6.34. The van der Waals surface area contributed by atoms with Crippen molar-refractivity contribution >= 4 is 0 Å². The third-order valence-electron chi connectivity index (χ3n) is 8.51. The zero-order chi connectivity index (χ0) is 27.2. The van der Waals surface area contributed by atoms with Crippen LogP contribution in [-0.4, -0.2) is 6.36 Å². The van der Waals surface area contributed by atoms with Crippen molar-refractivity contribution in [1.29, 1.82) is 0 Å². The van der Waals surface area contributed by atoms with Gasteiger partial charge in [-0.25, -0.2) is 0 Å². The van der Waals surface area contributed by atoms with Crippen LogP contribution >= 0.6 is 0 Å². The van der Waals surface area contributed by atoms with Crippen molar-refractivity contribution in [3.05, 3.63) is 59.7 Å². The predicted octanol–water partition coefficient (Wildman–Crippen LogP) is 10.4. The maximum Gasteiger partial charge on any atom is 0.573 e. The van der Waals surface area contributed by atoms with Crippen molar-refractivity contribution in [1.82, 2.24) is 0 Å². The summed E-state index contributed by atoms with van der Waals surface area (Å²) >= 11 is 0. The summed E-state index contributed by atoms with van der Waals surface area (Å²) < 4.78 is 74.8. The van der Waals surface area contributed by atoms with E-state index >= 15 is 0 Å². The number of halogens is 5. The zero-order valence-corrected chi connectivity index (χ0v) is 22.1. The van der Waals surface area contributed by atoms with Crippen LogP contribution in [0.2, 0.25) is 0 Å². The third-order valence-corrected chi connectivity index (χ3v) is 8.51. The fourth-order valence-corrected chi connectivity index (χ4v) is 6.34. The molecule has 0 aliphatic heterocycles. The molecule has 0 radical (unpaired) electrons. The molecule has 0 N–H and O–H groups in total. The monoisotopic (exact) mass is 538 g/mol. The van der Waals surface area contributed by atoms with Gasteiger partial charge in [0.15, 0.2) is 0 Å². The van der Waals surface area contributed by atoms with Crippen LogP contribution < -0.4 is 9.47 Å². The first-order valence-electron chi connectivity index (χ1n) is 14.1. The molecule has 0 unspecified atom stereocenters. The largest absolute Gasteiger partial charge is 0.573 e. The highest BCUT2D eigenvalue weighted by Gasteiger charge is 2.35. The lowest BCUT2D eigenvalue weighted by Crippen LogP contribution is -2.22. The Bertz CT molecular complexity index is 971. The molecule has 210 valence electrons. The van der Waals surface area contributed by atoms with Crippen molar-refractivity contribution < 1.29 is 31.4 Å². The van der Waals surface area contributed by atoms with Gasteiger partial charge in [0, 0.05) is 0 Å². The zero-order valence-electron chi connectivity index (χ0n) is 22.1. The van der Waals surface area contributed by atoms with Crippen LogP contribution in [0.1, 0.15) is 101 Å². The minimum Gasteiger partial charge on any atom is -0.429 e. The van der Waals surface area contributed by atoms with E-state index in [0.717, 1.165) is 60.4 Å². The molecule has 0 spiro atoms. The van der Waals surface area contributed by atoms with E-state index < -0.39 is 18.2 Å². The molecule has 0 heterocycles. The molecule has 2 saturated carbocycles. The molecule has 2 fully saturated rings. The molecule has 2 aromatic carbocycles. The average Bonchev–Trinajstić information content (AvgIpc) is 2.89. The predicted molar refractivity (Wildman–Crippen MR) is 138 cm³/mol. The molecular formula is C31H39F5O2. The summed E-state index contributed by atoms with van der Waals surface area (Å²) in [5.74, 6) is 2.29. The normalized spacial score (nSPS) is 24.7. The Labute approximate surface area is 222 Å². The van der Waals surface area contributed by atoms with Gasteiger partial charge in [0.25, 0.3) is 0 Å². The molecule has 0 atom stereocenters. The van der Waals surface area contributed by atoms with Crippen molar-refractivity contribution in [3.8, 4) is 11.5 Å². The number of alkyl halides is 5. The molecule has 0 aromatic heterocycles. The summed E-state index contributed by atoms with van der Waals surface area (Å²) in [4.78, 5) is 0. The molecule has 2 aliphatic carbocycles. The quantitative estimate of drug-likeness (QED) is 0.280. The minimum absolute atomic E-state index is 0.249. The number of hydrogen-bond acceptors (Lipinski definition) is 2. The van der Waals surface area contributed by atoms with Gasteiger partial charge in [0.05, 0.1) is 5.56 Å². The van der Waals surface area contributed by atoms with Crippen molar-refractivity contribution in [3.63, 3.8) is 0 Å². The molecule has 7 heteroatoms. The standard InChI is InChI=1S/C31H39F5O2/c1-2-3-22-4-6-23(7-5-22)8-9-24-10-12-25(13-11-24)26-14-16-27(17-15-26)30(32,33)37-28-18-20-29(21-19-28)38-31(34,35)36/h14-25H,2-13H2,1H3/t22-,23-,24?,25?. The molecule has 4 rings (SSSR count). The molecule has 2 aliphatic rings. The molecule has 2 aromatic rings. The van der Waals surface area contributed by atoms with Crippen LogP contribution in [0.15, 0.2) is 48.5 Å². The first kappa shape index (κ1) is 28.7. The van der Waals surface area contributed by atoms with E-state index in [0.29, 0.717) is 5.92 Å². The second kappa shape index (κ2) is 12.7. The Morgan fingerprint density at radius 1 is 0.605 bits per heavy atom. The maximum atomic E-state index is 14.7. The summed E-state index contributed by atoms with van der Waals surface area (Å²) in [6.07, 6.45) is 7.12. The van der Waals surface area contributed by atoms with Gasteiger partial charge < -0.3 is 9.47 Å². The maximum absolute atomic E-state index is 14.7. The fraction of sp³-hybridized carbons (Fsp3) is 0.613. The van der Waals surface area contributed by atoms with Gasteiger partial charge in [0.2, 0.25) is 0 Å². The Hall–Kier alpha value is -2.31. The summed E-state index contributed by atoms with van der Waals surface area (Å²) in [5.41, 5.74) is 0.783. The van der Waals surface area contributed by atoms with Crippen LogP contribution in [-0.2, 0) is 6.11 Å². The third kappa shape index (κ3) is 8.34. The number of hydrogen-bond donors (Lipinski definition) is 0. The van der Waals surface area contributed by atoms with Gasteiger partial charge in [-0.3, -0.25) is 0 Å². The van der Waals surface area contributed by atoms with E-state index in [1.54, 1.807) is 12.1 Å². The first-order valence-corrected chi connectivity index (χ1v) is 14.1. The minimum atomic E-state index is -4.85. The topological polar surface area (TPSA) is 18.5 Å². The van der Waals surface area contributed by atoms with Crippen molar-refractivity contribution in [2.24, 2.45) is 17.8 Å². The lowest BCUT2D eigenvalue weighted by Gasteiger charge is -2.32. The van der Waals surface area contributed by atoms with Gasteiger partial charge in [0.1, 0.15) is 11.5 Å². The highest BCUT2D eigenvalue weighted by Crippen LogP contribution is 2.41. The van der Waals surface area contributed by atoms with E-state index in [4.69, 9.17) is 4.74 Å². The van der Waals surface area contributed by atoms with E-state index in [1.165, 1.54) is 76.3 Å².